The number of ether oxygens (including phenoxy) is 4. The Hall–Kier alpha value is -4.38. The molecule has 4 rings (SSSR count). The van der Waals surface area contributed by atoms with Crippen molar-refractivity contribution in [3.8, 4) is 29.3 Å². The van der Waals surface area contributed by atoms with E-state index < -0.39 is 0 Å². The number of hydrogen-bond acceptors (Lipinski definition) is 8. The number of hydrogen-bond donors (Lipinski definition) is 0. The summed E-state index contributed by atoms with van der Waals surface area (Å²) in [5.74, 6) is 2.18. The number of benzene rings is 2. The lowest BCUT2D eigenvalue weighted by Gasteiger charge is -2.13. The quantitative estimate of drug-likeness (QED) is 0.342. The molecule has 0 unspecified atom stereocenters. The first kappa shape index (κ1) is 23.8. The van der Waals surface area contributed by atoms with Gasteiger partial charge in [-0.05, 0) is 55.7 Å². The van der Waals surface area contributed by atoms with Crippen molar-refractivity contribution in [3.63, 3.8) is 0 Å². The second-order valence-electron chi connectivity index (χ2n) is 8.11. The van der Waals surface area contributed by atoms with Crippen LogP contribution in [0.4, 0.5) is 0 Å². The van der Waals surface area contributed by atoms with Gasteiger partial charge in [-0.1, -0.05) is 12.1 Å². The van der Waals surface area contributed by atoms with E-state index in [2.05, 4.69) is 21.0 Å². The van der Waals surface area contributed by atoms with Gasteiger partial charge in [-0.2, -0.15) is 5.26 Å². The third-order valence-electron chi connectivity index (χ3n) is 5.27. The van der Waals surface area contributed by atoms with E-state index in [-0.39, 0.29) is 6.10 Å². The third kappa shape index (κ3) is 5.58. The van der Waals surface area contributed by atoms with Gasteiger partial charge >= 0.3 is 0 Å². The monoisotopic (exact) mass is 470 g/mol. The molecule has 2 aromatic heterocycles. The first-order chi connectivity index (χ1) is 17.0. The highest BCUT2D eigenvalue weighted by Gasteiger charge is 2.14. The van der Waals surface area contributed by atoms with Crippen molar-refractivity contribution < 1.29 is 18.9 Å². The Morgan fingerprint density at radius 1 is 0.886 bits per heavy atom. The molecule has 0 N–H and O–H groups in total. The second-order valence-corrected chi connectivity index (χ2v) is 8.11. The first-order valence-electron chi connectivity index (χ1n) is 11.1. The molecule has 35 heavy (non-hydrogen) atoms. The van der Waals surface area contributed by atoms with Crippen LogP contribution in [0.5, 0.6) is 23.3 Å². The highest BCUT2D eigenvalue weighted by Crippen LogP contribution is 2.31. The molecule has 0 saturated carbocycles. The van der Waals surface area contributed by atoms with Crippen LogP contribution in [0.25, 0.3) is 11.0 Å². The van der Waals surface area contributed by atoms with Gasteiger partial charge < -0.3 is 18.9 Å². The van der Waals surface area contributed by atoms with Crippen LogP contribution in [0, 0.1) is 11.3 Å². The molecule has 0 bridgehead atoms. The van der Waals surface area contributed by atoms with Crippen LogP contribution < -0.4 is 18.9 Å². The molecule has 0 fully saturated rings. The summed E-state index contributed by atoms with van der Waals surface area (Å²) in [5.41, 5.74) is 4.39. The molecule has 0 amide bonds. The first-order valence-corrected chi connectivity index (χ1v) is 11.1. The molecule has 2 heterocycles. The van der Waals surface area contributed by atoms with Crippen molar-refractivity contribution in [1.29, 1.82) is 5.26 Å². The summed E-state index contributed by atoms with van der Waals surface area (Å²) in [6.07, 6.45) is 3.78. The highest BCUT2D eigenvalue weighted by molar-refractivity contribution is 5.82. The molecule has 0 aliphatic heterocycles. The van der Waals surface area contributed by atoms with Gasteiger partial charge in [-0.15, -0.1) is 0 Å². The van der Waals surface area contributed by atoms with Crippen LogP contribution in [0.2, 0.25) is 0 Å². The Morgan fingerprint density at radius 2 is 1.71 bits per heavy atom. The smallest absolute Gasteiger partial charge is 0.233 e. The number of fused-ring (bicyclic) bond motifs is 1. The Kier molecular flexibility index (Phi) is 7.27. The van der Waals surface area contributed by atoms with Crippen molar-refractivity contribution in [3.05, 3.63) is 77.1 Å². The average molecular weight is 471 g/mol. The average Bonchev–Trinajstić information content (AvgIpc) is 2.87. The van der Waals surface area contributed by atoms with E-state index in [9.17, 15) is 5.26 Å². The molecule has 0 radical (unpaired) electrons. The summed E-state index contributed by atoms with van der Waals surface area (Å²) in [5, 5.41) is 9.91. The van der Waals surface area contributed by atoms with E-state index >= 15 is 0 Å². The van der Waals surface area contributed by atoms with Gasteiger partial charge in [-0.3, -0.25) is 0 Å². The van der Waals surface area contributed by atoms with Crippen molar-refractivity contribution in [2.45, 2.75) is 33.0 Å². The Labute approximate surface area is 204 Å². The summed E-state index contributed by atoms with van der Waals surface area (Å²) in [4.78, 5) is 13.1. The molecule has 0 aliphatic carbocycles. The molecule has 8 heteroatoms. The minimum absolute atomic E-state index is 0.0374. The Morgan fingerprint density at radius 3 is 2.40 bits per heavy atom. The molecular weight excluding hydrogens is 444 g/mol. The maximum Gasteiger partial charge on any atom is 0.233 e. The normalized spacial score (nSPS) is 10.7. The zero-order valence-electron chi connectivity index (χ0n) is 20.1. The van der Waals surface area contributed by atoms with Crippen molar-refractivity contribution >= 4 is 11.0 Å². The molecule has 8 nitrogen and oxygen atoms in total. The maximum absolute atomic E-state index is 9.91. The molecule has 0 aliphatic rings. The minimum Gasteiger partial charge on any atom is -0.493 e. The zero-order valence-corrected chi connectivity index (χ0v) is 20.1. The van der Waals surface area contributed by atoms with Gasteiger partial charge in [0.15, 0.2) is 11.5 Å². The topological polar surface area (TPSA) is 99.4 Å². The van der Waals surface area contributed by atoms with Crippen LogP contribution in [0.1, 0.15) is 36.1 Å². The lowest BCUT2D eigenvalue weighted by molar-refractivity contribution is 0.232. The largest absolute Gasteiger partial charge is 0.493 e. The molecule has 178 valence electrons. The van der Waals surface area contributed by atoms with Crippen LogP contribution in [-0.2, 0) is 13.0 Å². The van der Waals surface area contributed by atoms with Gasteiger partial charge in [0.1, 0.15) is 18.2 Å². The van der Waals surface area contributed by atoms with E-state index in [4.69, 9.17) is 18.9 Å². The fourth-order valence-corrected chi connectivity index (χ4v) is 3.61. The Bertz CT molecular complexity index is 1360. The van der Waals surface area contributed by atoms with Crippen LogP contribution in [0.3, 0.4) is 0 Å². The minimum atomic E-state index is -0.0374. The Balaban J connectivity index is 1.56. The summed E-state index contributed by atoms with van der Waals surface area (Å²) < 4.78 is 22.3. The summed E-state index contributed by atoms with van der Waals surface area (Å²) >= 11 is 0. The fraction of sp³-hybridized carbons (Fsp3) is 0.259. The molecular formula is C27H26N4O4. The molecule has 0 saturated heterocycles. The SMILES string of the molecule is COc1ccc(COc2ccc(Cc3ccc4ncc(OC(C)C)nc4c3C#N)cc2OC)cn1. The van der Waals surface area contributed by atoms with E-state index in [1.807, 2.05) is 50.2 Å². The van der Waals surface area contributed by atoms with Crippen LogP contribution >= 0.6 is 0 Å². The number of pyridine rings is 1. The zero-order chi connectivity index (χ0) is 24.8. The van der Waals surface area contributed by atoms with Gasteiger partial charge in [0, 0.05) is 17.8 Å². The summed E-state index contributed by atoms with van der Waals surface area (Å²) in [6.45, 7) is 4.18. The van der Waals surface area contributed by atoms with E-state index in [1.54, 1.807) is 32.7 Å². The van der Waals surface area contributed by atoms with E-state index in [0.717, 1.165) is 16.7 Å². The van der Waals surface area contributed by atoms with Gasteiger partial charge in [0.05, 0.1) is 37.6 Å². The molecule has 0 spiro atoms. The predicted octanol–water partition coefficient (Wildman–Crippen LogP) is 4.87. The number of methoxy groups -OCH3 is 2. The molecule has 0 atom stereocenters. The third-order valence-corrected chi connectivity index (χ3v) is 5.27. The van der Waals surface area contributed by atoms with Gasteiger partial charge in [0.2, 0.25) is 11.8 Å². The molecule has 4 aromatic rings. The standard InChI is InChI=1S/C27H26N4O4/c1-17(2)35-26-15-29-22-8-7-20(21(13-28)27(22)31-26)11-18-5-9-23(24(12-18)32-3)34-16-19-6-10-25(33-4)30-14-19/h5-10,12,14-15,17H,11,16H2,1-4H3. The molecule has 2 aromatic carbocycles. The number of aromatic nitrogens is 3. The van der Waals surface area contributed by atoms with E-state index in [0.29, 0.717) is 52.9 Å². The van der Waals surface area contributed by atoms with Crippen molar-refractivity contribution in [1.82, 2.24) is 15.0 Å². The lowest BCUT2D eigenvalue weighted by atomic mass is 9.98. The van der Waals surface area contributed by atoms with E-state index in [1.165, 1.54) is 0 Å². The number of nitriles is 1. The summed E-state index contributed by atoms with van der Waals surface area (Å²) in [6, 6.07) is 15.5. The van der Waals surface area contributed by atoms with Crippen LogP contribution in [-0.4, -0.2) is 35.3 Å². The van der Waals surface area contributed by atoms with Gasteiger partial charge in [-0.25, -0.2) is 15.0 Å². The number of nitrogens with zero attached hydrogens (tertiary/aromatic N) is 4. The highest BCUT2D eigenvalue weighted by atomic mass is 16.5. The predicted molar refractivity (Wildman–Crippen MR) is 131 cm³/mol. The summed E-state index contributed by atoms with van der Waals surface area (Å²) in [7, 11) is 3.18. The lowest BCUT2D eigenvalue weighted by Crippen LogP contribution is -2.07. The number of rotatable bonds is 9. The fourth-order valence-electron chi connectivity index (χ4n) is 3.61. The van der Waals surface area contributed by atoms with Crippen LogP contribution in [0.15, 0.2) is 54.9 Å². The van der Waals surface area contributed by atoms with Gasteiger partial charge in [0.25, 0.3) is 0 Å². The van der Waals surface area contributed by atoms with Crippen molar-refractivity contribution in [2.24, 2.45) is 0 Å². The van der Waals surface area contributed by atoms with Crippen molar-refractivity contribution in [2.75, 3.05) is 14.2 Å². The maximum atomic E-state index is 9.91. The second kappa shape index (κ2) is 10.7.